The maximum Gasteiger partial charge on any atom is 0.302 e. The number of fused-ring (bicyclic) bond motifs is 5. The summed E-state index contributed by atoms with van der Waals surface area (Å²) in [7, 11) is 0. The molecule has 1 saturated heterocycles. The first-order valence-electron chi connectivity index (χ1n) is 15.0. The average Bonchev–Trinajstić information content (AvgIpc) is 3.36. The molecule has 4 fully saturated rings. The number of Topliss-reactive ketones (excluding diaryl/α,β-unsaturated/α-hetero) is 1. The highest BCUT2D eigenvalue weighted by molar-refractivity contribution is 5.85. The molecule has 3 N–H and O–H groups in total. The van der Waals surface area contributed by atoms with Crippen LogP contribution in [-0.2, 0) is 19.1 Å². The van der Waals surface area contributed by atoms with Crippen LogP contribution in [-0.4, -0.2) is 57.3 Å². The molecule has 0 unspecified atom stereocenters. The molecule has 5 rings (SSSR count). The molecule has 39 heavy (non-hydrogen) atoms. The number of carbonyl (C=O) groups is 2. The number of ether oxygens (including phenoxy) is 2. The summed E-state index contributed by atoms with van der Waals surface area (Å²) < 4.78 is 12.0. The second-order valence-electron chi connectivity index (χ2n) is 15.4. The van der Waals surface area contributed by atoms with E-state index in [1.165, 1.54) is 12.5 Å². The molecule has 220 valence electrons. The molecule has 0 spiro atoms. The van der Waals surface area contributed by atoms with Crippen LogP contribution in [0.25, 0.3) is 0 Å². The lowest BCUT2D eigenvalue weighted by atomic mass is 9.37. The van der Waals surface area contributed by atoms with Gasteiger partial charge in [0.2, 0.25) is 0 Å². The summed E-state index contributed by atoms with van der Waals surface area (Å²) >= 11 is 0. The monoisotopic (exact) mass is 546 g/mol. The van der Waals surface area contributed by atoms with E-state index in [1.807, 2.05) is 0 Å². The molecule has 0 aromatic heterocycles. The van der Waals surface area contributed by atoms with Crippen molar-refractivity contribution < 1.29 is 34.4 Å². The summed E-state index contributed by atoms with van der Waals surface area (Å²) in [5.74, 6) is 0.393. The highest BCUT2D eigenvalue weighted by Crippen LogP contribution is 2.73. The van der Waals surface area contributed by atoms with Crippen molar-refractivity contribution in [2.24, 2.45) is 45.3 Å². The number of carbonyl (C=O) groups excluding carboxylic acids is 2. The van der Waals surface area contributed by atoms with E-state index < -0.39 is 29.5 Å². The lowest BCUT2D eigenvalue weighted by Crippen LogP contribution is -2.65. The number of hydrogen-bond acceptors (Lipinski definition) is 7. The Morgan fingerprint density at radius 3 is 2.41 bits per heavy atom. The third-order valence-electron chi connectivity index (χ3n) is 12.5. The van der Waals surface area contributed by atoms with Crippen LogP contribution in [0.5, 0.6) is 0 Å². The highest BCUT2D eigenvalue weighted by Gasteiger charge is 2.69. The predicted molar refractivity (Wildman–Crippen MR) is 146 cm³/mol. The van der Waals surface area contributed by atoms with Crippen LogP contribution in [0.2, 0.25) is 0 Å². The van der Waals surface area contributed by atoms with Gasteiger partial charge in [-0.1, -0.05) is 46.3 Å². The van der Waals surface area contributed by atoms with Crippen molar-refractivity contribution in [3.63, 3.8) is 0 Å². The Balaban J connectivity index is 1.50. The van der Waals surface area contributed by atoms with Crippen LogP contribution in [0.4, 0.5) is 0 Å². The van der Waals surface area contributed by atoms with Gasteiger partial charge >= 0.3 is 5.97 Å². The number of allylic oxidation sites excluding steroid dienone is 1. The molecule has 5 aliphatic rings. The van der Waals surface area contributed by atoms with Crippen molar-refractivity contribution in [2.45, 2.75) is 131 Å². The van der Waals surface area contributed by atoms with Gasteiger partial charge in [0.05, 0.1) is 11.7 Å². The van der Waals surface area contributed by atoms with Crippen LogP contribution in [0.1, 0.15) is 100 Å². The maximum atomic E-state index is 13.1. The number of ketones is 1. The molecule has 0 amide bonds. The molecule has 0 aromatic carbocycles. The molecule has 7 heteroatoms. The summed E-state index contributed by atoms with van der Waals surface area (Å²) in [6.07, 6.45) is 4.65. The van der Waals surface area contributed by atoms with Crippen LogP contribution in [0, 0.1) is 45.3 Å². The fraction of sp³-hybridized carbons (Fsp3) is 0.875. The minimum absolute atomic E-state index is 0.0407. The molecular weight excluding hydrogens is 496 g/mol. The van der Waals surface area contributed by atoms with Crippen LogP contribution in [0.15, 0.2) is 11.6 Å². The summed E-state index contributed by atoms with van der Waals surface area (Å²) in [4.78, 5) is 25.5. The largest absolute Gasteiger partial charge is 0.462 e. The van der Waals surface area contributed by atoms with E-state index in [0.29, 0.717) is 25.0 Å². The molecular formula is C32H50O7. The Bertz CT molecular complexity index is 1060. The van der Waals surface area contributed by atoms with Gasteiger partial charge in [0.15, 0.2) is 6.29 Å². The topological polar surface area (TPSA) is 113 Å². The van der Waals surface area contributed by atoms with Crippen molar-refractivity contribution in [2.75, 3.05) is 0 Å². The first kappa shape index (κ1) is 29.2. The molecule has 0 radical (unpaired) electrons. The predicted octanol–water partition coefficient (Wildman–Crippen LogP) is 4.56. The summed E-state index contributed by atoms with van der Waals surface area (Å²) in [6.45, 7) is 15.8. The van der Waals surface area contributed by atoms with E-state index in [9.17, 15) is 24.9 Å². The van der Waals surface area contributed by atoms with Crippen molar-refractivity contribution in [1.82, 2.24) is 0 Å². The minimum Gasteiger partial charge on any atom is -0.462 e. The normalized spacial score (nSPS) is 48.0. The van der Waals surface area contributed by atoms with Crippen molar-refractivity contribution in [1.29, 1.82) is 0 Å². The Kier molecular flexibility index (Phi) is 6.82. The lowest BCUT2D eigenvalue weighted by molar-refractivity contribution is -0.206. The van der Waals surface area contributed by atoms with E-state index in [4.69, 9.17) is 9.47 Å². The molecule has 0 aromatic rings. The van der Waals surface area contributed by atoms with Gasteiger partial charge in [-0.05, 0) is 81.0 Å². The first-order valence-corrected chi connectivity index (χ1v) is 15.0. The maximum absolute atomic E-state index is 13.1. The van der Waals surface area contributed by atoms with Gasteiger partial charge in [0.1, 0.15) is 18.0 Å². The smallest absolute Gasteiger partial charge is 0.302 e. The first-order chi connectivity index (χ1) is 17.9. The number of rotatable bonds is 4. The van der Waals surface area contributed by atoms with Gasteiger partial charge in [0, 0.05) is 30.1 Å². The van der Waals surface area contributed by atoms with Crippen LogP contribution >= 0.6 is 0 Å². The average molecular weight is 547 g/mol. The van der Waals surface area contributed by atoms with E-state index in [0.717, 1.165) is 25.7 Å². The molecule has 11 atom stereocenters. The molecule has 1 heterocycles. The summed E-state index contributed by atoms with van der Waals surface area (Å²) in [5.41, 5.74) is -1.07. The Labute approximate surface area is 233 Å². The van der Waals surface area contributed by atoms with Gasteiger partial charge in [-0.25, -0.2) is 0 Å². The van der Waals surface area contributed by atoms with Gasteiger partial charge in [-0.15, -0.1) is 0 Å². The Hall–Kier alpha value is -1.28. The van der Waals surface area contributed by atoms with Crippen LogP contribution < -0.4 is 0 Å². The summed E-state index contributed by atoms with van der Waals surface area (Å²) in [6, 6.07) is 0. The van der Waals surface area contributed by atoms with E-state index in [2.05, 4.69) is 40.7 Å². The Morgan fingerprint density at radius 2 is 1.79 bits per heavy atom. The van der Waals surface area contributed by atoms with Gasteiger partial charge < -0.3 is 24.8 Å². The van der Waals surface area contributed by atoms with Gasteiger partial charge in [-0.3, -0.25) is 9.59 Å². The van der Waals surface area contributed by atoms with E-state index in [1.54, 1.807) is 13.8 Å². The number of aliphatic hydroxyl groups excluding tert-OH is 2. The zero-order valence-corrected chi connectivity index (χ0v) is 25.1. The van der Waals surface area contributed by atoms with Crippen molar-refractivity contribution in [3.05, 3.63) is 11.6 Å². The van der Waals surface area contributed by atoms with Crippen molar-refractivity contribution >= 4 is 11.8 Å². The fourth-order valence-corrected chi connectivity index (χ4v) is 10.5. The van der Waals surface area contributed by atoms with Crippen molar-refractivity contribution in [3.8, 4) is 0 Å². The molecule has 7 nitrogen and oxygen atoms in total. The molecule has 3 saturated carbocycles. The van der Waals surface area contributed by atoms with E-state index >= 15 is 0 Å². The molecule has 0 bridgehead atoms. The quantitative estimate of drug-likeness (QED) is 0.350. The van der Waals surface area contributed by atoms with Gasteiger partial charge in [-0.2, -0.15) is 0 Å². The fourth-order valence-electron chi connectivity index (χ4n) is 10.5. The standard InChI is InChI=1S/C32H50O7/c1-17(33)38-25-16-23-28(2,3)24(34)12-14-31(23,7)22-11-13-30(6)19(9-10-21(30)32(22,25)8)18-15-20(39-27(18)36)26(35)29(4,5)37/h10,18-20,22-23,25-27,35-37H,9,11-16H2,1-8H3/t18-,19-,20-,22+,23-,25+,26-,27+,30-,31+,32-/m0/s1. The van der Waals surface area contributed by atoms with E-state index in [-0.39, 0.29) is 52.0 Å². The zero-order valence-electron chi connectivity index (χ0n) is 25.1. The number of hydrogen-bond donors (Lipinski definition) is 3. The second-order valence-corrected chi connectivity index (χ2v) is 15.4. The lowest BCUT2D eigenvalue weighted by Gasteiger charge is -2.67. The molecule has 1 aliphatic heterocycles. The Morgan fingerprint density at radius 1 is 1.13 bits per heavy atom. The minimum atomic E-state index is -1.33. The zero-order chi connectivity index (χ0) is 28.9. The summed E-state index contributed by atoms with van der Waals surface area (Å²) in [5, 5.41) is 32.1. The number of esters is 1. The van der Waals surface area contributed by atoms with Crippen LogP contribution in [0.3, 0.4) is 0 Å². The number of aliphatic hydroxyl groups is 3. The second kappa shape index (κ2) is 9.11. The molecule has 4 aliphatic carbocycles. The highest BCUT2D eigenvalue weighted by atomic mass is 16.6. The third kappa shape index (κ3) is 4.11. The SMILES string of the molecule is CC(=O)O[C@@H]1C[C@H]2C(C)(C)C(=O)CC[C@]2(C)[C@H]2CC[C@]3(C)C(=CC[C@H]3[C@@H]3C[C@@H]([C@H](O)C(C)(C)O)O[C@H]3O)[C@@]21C. The van der Waals surface area contributed by atoms with Gasteiger partial charge in [0.25, 0.3) is 0 Å². The third-order valence-corrected chi connectivity index (χ3v) is 12.5.